The summed E-state index contributed by atoms with van der Waals surface area (Å²) in [5.41, 5.74) is 1.44. The number of thiophene rings is 1. The number of ketones is 1. The molecule has 0 aliphatic heterocycles. The minimum absolute atomic E-state index is 0.00697. The molecule has 1 aromatic carbocycles. The second-order valence-electron chi connectivity index (χ2n) is 7.39. The summed E-state index contributed by atoms with van der Waals surface area (Å²) in [5.74, 6) is -0.0505. The van der Waals surface area contributed by atoms with Crippen LogP contribution in [0.1, 0.15) is 64.8 Å². The molecular formula is C23H29NO5S. The van der Waals surface area contributed by atoms with Crippen LogP contribution >= 0.6 is 11.3 Å². The number of methoxy groups -OCH3 is 1. The smallest absolute Gasteiger partial charge is 0.308 e. The standard InChI is InChI=1S/C23H29NO5S/c1-14(2)29-23(27)13-20(17-6-8-18(28-5)9-7-17)24-22(26)11-10-21(25)19-12-15(3)30-16(19)4/h6-9,12,14,20H,10-11,13H2,1-5H3,(H,24,26)/t20-/m1/s1. The Balaban J connectivity index is 2.04. The number of carbonyl (C=O) groups excluding carboxylic acids is 3. The maximum Gasteiger partial charge on any atom is 0.308 e. The average molecular weight is 432 g/mol. The zero-order valence-electron chi connectivity index (χ0n) is 18.1. The van der Waals surface area contributed by atoms with Crippen LogP contribution in [-0.4, -0.2) is 30.9 Å². The Bertz CT molecular complexity index is 885. The van der Waals surface area contributed by atoms with Crippen LogP contribution < -0.4 is 10.1 Å². The predicted molar refractivity (Wildman–Crippen MR) is 117 cm³/mol. The Morgan fingerprint density at radius 3 is 2.27 bits per heavy atom. The van der Waals surface area contributed by atoms with Crippen molar-refractivity contribution in [1.29, 1.82) is 0 Å². The van der Waals surface area contributed by atoms with E-state index in [1.807, 2.05) is 19.9 Å². The summed E-state index contributed by atoms with van der Waals surface area (Å²) in [6, 6.07) is 8.46. The van der Waals surface area contributed by atoms with Crippen LogP contribution in [0.5, 0.6) is 5.75 Å². The van der Waals surface area contributed by atoms with E-state index in [2.05, 4.69) is 5.32 Å². The van der Waals surface area contributed by atoms with E-state index < -0.39 is 12.0 Å². The van der Waals surface area contributed by atoms with Crippen molar-refractivity contribution >= 4 is 29.0 Å². The number of aryl methyl sites for hydroxylation is 2. The van der Waals surface area contributed by atoms with Crippen LogP contribution in [0.3, 0.4) is 0 Å². The SMILES string of the molecule is COc1ccc([C@@H](CC(=O)OC(C)C)NC(=O)CCC(=O)c2cc(C)sc2C)cc1. The molecule has 0 radical (unpaired) electrons. The second kappa shape index (κ2) is 10.9. The number of esters is 1. The fraction of sp³-hybridized carbons (Fsp3) is 0.435. The Kier molecular flexibility index (Phi) is 8.59. The summed E-state index contributed by atoms with van der Waals surface area (Å²) >= 11 is 1.57. The Labute approximate surface area is 181 Å². The van der Waals surface area contributed by atoms with Gasteiger partial charge in [-0.3, -0.25) is 14.4 Å². The lowest BCUT2D eigenvalue weighted by molar-refractivity contribution is -0.148. The normalized spacial score (nSPS) is 11.8. The van der Waals surface area contributed by atoms with Gasteiger partial charge in [-0.05, 0) is 51.5 Å². The number of carbonyl (C=O) groups is 3. The molecule has 0 saturated heterocycles. The van der Waals surface area contributed by atoms with Crippen LogP contribution in [-0.2, 0) is 14.3 Å². The van der Waals surface area contributed by atoms with E-state index in [1.54, 1.807) is 56.6 Å². The first-order chi connectivity index (χ1) is 14.2. The lowest BCUT2D eigenvalue weighted by Crippen LogP contribution is -2.31. The van der Waals surface area contributed by atoms with Gasteiger partial charge in [0.05, 0.1) is 25.7 Å². The molecule has 2 aromatic rings. The first-order valence-electron chi connectivity index (χ1n) is 9.92. The zero-order chi connectivity index (χ0) is 22.3. The molecular weight excluding hydrogens is 402 g/mol. The number of hydrogen-bond donors (Lipinski definition) is 1. The van der Waals surface area contributed by atoms with Crippen molar-refractivity contribution in [2.45, 2.75) is 59.1 Å². The maximum atomic E-state index is 12.5. The van der Waals surface area contributed by atoms with E-state index in [4.69, 9.17) is 9.47 Å². The van der Waals surface area contributed by atoms with Crippen molar-refractivity contribution in [3.05, 3.63) is 51.2 Å². The topological polar surface area (TPSA) is 81.7 Å². The molecule has 1 atom stereocenters. The highest BCUT2D eigenvalue weighted by molar-refractivity contribution is 7.12. The van der Waals surface area contributed by atoms with E-state index in [1.165, 1.54) is 0 Å². The molecule has 6 nitrogen and oxygen atoms in total. The maximum absolute atomic E-state index is 12.5. The highest BCUT2D eigenvalue weighted by Gasteiger charge is 2.21. The number of amides is 1. The number of rotatable bonds is 10. The molecule has 0 saturated carbocycles. The summed E-state index contributed by atoms with van der Waals surface area (Å²) in [4.78, 5) is 39.2. The summed E-state index contributed by atoms with van der Waals surface area (Å²) in [7, 11) is 1.57. The molecule has 30 heavy (non-hydrogen) atoms. The lowest BCUT2D eigenvalue weighted by atomic mass is 10.0. The summed E-state index contributed by atoms with van der Waals surface area (Å²) in [5, 5.41) is 2.87. The zero-order valence-corrected chi connectivity index (χ0v) is 18.9. The molecule has 0 spiro atoms. The largest absolute Gasteiger partial charge is 0.497 e. The van der Waals surface area contributed by atoms with Crippen LogP contribution in [0.2, 0.25) is 0 Å². The molecule has 0 aliphatic rings. The second-order valence-corrected chi connectivity index (χ2v) is 8.85. The van der Waals surface area contributed by atoms with E-state index in [0.29, 0.717) is 11.3 Å². The molecule has 1 aromatic heterocycles. The number of benzene rings is 1. The molecule has 2 rings (SSSR count). The molecule has 1 N–H and O–H groups in total. The van der Waals surface area contributed by atoms with Gasteiger partial charge in [0.2, 0.25) is 5.91 Å². The Morgan fingerprint density at radius 2 is 1.73 bits per heavy atom. The minimum Gasteiger partial charge on any atom is -0.497 e. The predicted octanol–water partition coefficient (Wildman–Crippen LogP) is 4.54. The highest BCUT2D eigenvalue weighted by atomic mass is 32.1. The summed E-state index contributed by atoms with van der Waals surface area (Å²) in [6.45, 7) is 7.42. The van der Waals surface area contributed by atoms with Crippen molar-refractivity contribution in [2.24, 2.45) is 0 Å². The van der Waals surface area contributed by atoms with Crippen molar-refractivity contribution < 1.29 is 23.9 Å². The molecule has 0 aliphatic carbocycles. The van der Waals surface area contributed by atoms with E-state index in [9.17, 15) is 14.4 Å². The lowest BCUT2D eigenvalue weighted by Gasteiger charge is -2.20. The quantitative estimate of drug-likeness (QED) is 0.441. The fourth-order valence-corrected chi connectivity index (χ4v) is 4.04. The van der Waals surface area contributed by atoms with Gasteiger partial charge in [-0.2, -0.15) is 0 Å². The first-order valence-corrected chi connectivity index (χ1v) is 10.7. The van der Waals surface area contributed by atoms with Crippen molar-refractivity contribution in [3.8, 4) is 5.75 Å². The number of hydrogen-bond acceptors (Lipinski definition) is 6. The van der Waals surface area contributed by atoms with Gasteiger partial charge in [-0.15, -0.1) is 11.3 Å². The third-order valence-electron chi connectivity index (χ3n) is 4.51. The van der Waals surface area contributed by atoms with Gasteiger partial charge in [0.25, 0.3) is 0 Å². The molecule has 1 heterocycles. The van der Waals surface area contributed by atoms with Gasteiger partial charge < -0.3 is 14.8 Å². The molecule has 162 valence electrons. The van der Waals surface area contributed by atoms with Crippen molar-refractivity contribution in [3.63, 3.8) is 0 Å². The number of ether oxygens (including phenoxy) is 2. The van der Waals surface area contributed by atoms with Gasteiger partial charge in [0.1, 0.15) is 5.75 Å². The van der Waals surface area contributed by atoms with Gasteiger partial charge in [0, 0.05) is 28.2 Å². The molecule has 0 unspecified atom stereocenters. The first kappa shape index (κ1) is 23.6. The summed E-state index contributed by atoms with van der Waals surface area (Å²) in [6.07, 6.45) is -0.0552. The van der Waals surface area contributed by atoms with Gasteiger partial charge >= 0.3 is 5.97 Å². The summed E-state index contributed by atoms with van der Waals surface area (Å²) < 4.78 is 10.4. The van der Waals surface area contributed by atoms with Crippen LogP contribution in [0.25, 0.3) is 0 Å². The van der Waals surface area contributed by atoms with E-state index in [0.717, 1.165) is 15.3 Å². The molecule has 0 bridgehead atoms. The molecule has 7 heteroatoms. The van der Waals surface area contributed by atoms with E-state index >= 15 is 0 Å². The highest BCUT2D eigenvalue weighted by Crippen LogP contribution is 2.23. The number of Topliss-reactive ketones (excluding diaryl/α,β-unsaturated/α-hetero) is 1. The Morgan fingerprint density at radius 1 is 1.07 bits per heavy atom. The van der Waals surface area contributed by atoms with Crippen molar-refractivity contribution in [2.75, 3.05) is 7.11 Å². The third kappa shape index (κ3) is 6.99. The number of nitrogens with one attached hydrogen (secondary N) is 1. The monoisotopic (exact) mass is 431 g/mol. The molecule has 0 fully saturated rings. The van der Waals surface area contributed by atoms with E-state index in [-0.39, 0.29) is 37.1 Å². The average Bonchev–Trinajstić information content (AvgIpc) is 3.03. The minimum atomic E-state index is -0.546. The third-order valence-corrected chi connectivity index (χ3v) is 5.48. The fourth-order valence-electron chi connectivity index (χ4n) is 3.10. The van der Waals surface area contributed by atoms with Crippen LogP contribution in [0.15, 0.2) is 30.3 Å². The Hall–Kier alpha value is -2.67. The van der Waals surface area contributed by atoms with Gasteiger partial charge in [-0.25, -0.2) is 0 Å². The van der Waals surface area contributed by atoms with Gasteiger partial charge in [0.15, 0.2) is 5.78 Å². The van der Waals surface area contributed by atoms with Crippen LogP contribution in [0.4, 0.5) is 0 Å². The van der Waals surface area contributed by atoms with Gasteiger partial charge in [-0.1, -0.05) is 12.1 Å². The van der Waals surface area contributed by atoms with Crippen LogP contribution in [0, 0.1) is 13.8 Å². The van der Waals surface area contributed by atoms with Crippen molar-refractivity contribution in [1.82, 2.24) is 5.32 Å². The molecule has 1 amide bonds.